The average molecular weight is 853 g/mol. The molecular weight excluding hydrogens is 821 g/mol. The summed E-state index contributed by atoms with van der Waals surface area (Å²) in [4.78, 5) is 74.0. The van der Waals surface area contributed by atoms with Crippen molar-refractivity contribution in [2.75, 3.05) is 36.4 Å². The van der Waals surface area contributed by atoms with Crippen LogP contribution in [0.4, 0.5) is 10.3 Å². The molecule has 0 saturated heterocycles. The fourth-order valence-electron chi connectivity index (χ4n) is 5.44. The lowest BCUT2D eigenvalue weighted by Crippen LogP contribution is -2.24. The fourth-order valence-corrected chi connectivity index (χ4v) is 9.14. The van der Waals surface area contributed by atoms with E-state index in [2.05, 4.69) is 40.5 Å². The number of nitrogens with zero attached hydrogens (tertiary/aromatic N) is 4. The number of ether oxygens (including phenoxy) is 2. The number of amides is 2. The number of benzene rings is 2. The Kier molecular flexibility index (Phi) is 11.8. The lowest BCUT2D eigenvalue weighted by Gasteiger charge is -2.08. The summed E-state index contributed by atoms with van der Waals surface area (Å²) in [7, 11) is -7.14. The van der Waals surface area contributed by atoms with E-state index in [0.717, 1.165) is 35.2 Å². The highest BCUT2D eigenvalue weighted by molar-refractivity contribution is 7.91. The first-order chi connectivity index (χ1) is 27.0. The van der Waals surface area contributed by atoms with Gasteiger partial charge in [0.1, 0.15) is 18.1 Å². The van der Waals surface area contributed by atoms with E-state index in [-0.39, 0.29) is 20.1 Å². The third-order valence-corrected chi connectivity index (χ3v) is 12.4. The Hall–Kier alpha value is -6.10. The van der Waals surface area contributed by atoms with Gasteiger partial charge in [0.05, 0.1) is 30.9 Å². The van der Waals surface area contributed by atoms with Crippen molar-refractivity contribution in [3.05, 3.63) is 72.6 Å². The SMILES string of the molecule is Cc1nc(NC(=O)COC(=O)CC(=O)OCC(=O)Nc2nc(C)c(-c3ccc(S(C)(=O)=O)c(-c4ncc[nH]4)c3)s2)sc1-c1ccc(S(C)(=O)=O)c(-c2ncc[nH]2)c1. The summed E-state index contributed by atoms with van der Waals surface area (Å²) in [6.07, 6.45) is 7.49. The number of H-pyrrole nitrogens is 2. The molecule has 0 saturated carbocycles. The Labute approximate surface area is 333 Å². The summed E-state index contributed by atoms with van der Waals surface area (Å²) >= 11 is 2.23. The van der Waals surface area contributed by atoms with Crippen molar-refractivity contribution in [3.63, 3.8) is 0 Å². The number of rotatable bonds is 14. The molecule has 0 aliphatic carbocycles. The van der Waals surface area contributed by atoms with Crippen molar-refractivity contribution in [2.24, 2.45) is 0 Å². The van der Waals surface area contributed by atoms with Crippen LogP contribution in [0.5, 0.6) is 0 Å². The van der Waals surface area contributed by atoms with E-state index >= 15 is 0 Å². The quantitative estimate of drug-likeness (QED) is 0.0885. The molecule has 6 rings (SSSR count). The summed E-state index contributed by atoms with van der Waals surface area (Å²) in [6.45, 7) is 1.94. The van der Waals surface area contributed by atoms with Crippen molar-refractivity contribution >= 4 is 76.4 Å². The van der Waals surface area contributed by atoms with Crippen molar-refractivity contribution in [1.29, 1.82) is 0 Å². The van der Waals surface area contributed by atoms with E-state index in [1.165, 1.54) is 24.5 Å². The first-order valence-corrected chi connectivity index (χ1v) is 21.9. The number of carbonyl (C=O) groups is 4. The molecule has 57 heavy (non-hydrogen) atoms. The van der Waals surface area contributed by atoms with E-state index in [1.807, 2.05) is 0 Å². The molecule has 0 atom stereocenters. The van der Waals surface area contributed by atoms with Crippen molar-refractivity contribution in [2.45, 2.75) is 30.1 Å². The Morgan fingerprint density at radius 1 is 0.667 bits per heavy atom. The summed E-state index contributed by atoms with van der Waals surface area (Å²) in [5.74, 6) is -2.88. The molecule has 0 fully saturated rings. The number of hydrogen-bond acceptors (Lipinski definition) is 16. The van der Waals surface area contributed by atoms with Gasteiger partial charge in [-0.2, -0.15) is 0 Å². The molecule has 4 aromatic heterocycles. The van der Waals surface area contributed by atoms with Crippen LogP contribution in [0.3, 0.4) is 0 Å². The number of hydrogen-bond donors (Lipinski definition) is 4. The van der Waals surface area contributed by atoms with E-state index in [4.69, 9.17) is 9.47 Å². The topological polar surface area (TPSA) is 262 Å². The highest BCUT2D eigenvalue weighted by atomic mass is 32.2. The Morgan fingerprint density at radius 2 is 1.07 bits per heavy atom. The average Bonchev–Trinajstić information content (AvgIpc) is 3.98. The van der Waals surface area contributed by atoms with Gasteiger partial charge in [0.25, 0.3) is 11.8 Å². The first kappa shape index (κ1) is 40.6. The molecule has 6 aromatic rings. The predicted molar refractivity (Wildman–Crippen MR) is 210 cm³/mol. The Bertz CT molecular complexity index is 2540. The van der Waals surface area contributed by atoms with Crippen LogP contribution in [-0.4, -0.2) is 96.2 Å². The first-order valence-electron chi connectivity index (χ1n) is 16.5. The van der Waals surface area contributed by atoms with Crippen LogP contribution in [0.2, 0.25) is 0 Å². The maximum Gasteiger partial charge on any atom is 0.317 e. The van der Waals surface area contributed by atoms with Crippen LogP contribution in [0.15, 0.2) is 71.0 Å². The number of aryl methyl sites for hydroxylation is 2. The number of sulfone groups is 2. The number of thiazole rings is 2. The molecule has 0 radical (unpaired) electrons. The zero-order chi connectivity index (χ0) is 41.1. The molecule has 4 heterocycles. The van der Waals surface area contributed by atoms with Gasteiger partial charge in [-0.15, -0.1) is 0 Å². The van der Waals surface area contributed by atoms with E-state index < -0.39 is 63.1 Å². The molecule has 18 nitrogen and oxygen atoms in total. The molecule has 22 heteroatoms. The zero-order valence-electron chi connectivity index (χ0n) is 30.4. The Balaban J connectivity index is 0.982. The lowest BCUT2D eigenvalue weighted by atomic mass is 10.1. The van der Waals surface area contributed by atoms with Gasteiger partial charge in [0.2, 0.25) is 0 Å². The maximum absolute atomic E-state index is 12.6. The fraction of sp³-hybridized carbons (Fsp3) is 0.200. The second kappa shape index (κ2) is 16.6. The molecule has 4 N–H and O–H groups in total. The van der Waals surface area contributed by atoms with Crippen molar-refractivity contribution in [1.82, 2.24) is 29.9 Å². The molecule has 296 valence electrons. The van der Waals surface area contributed by atoms with Crippen molar-refractivity contribution < 1.29 is 45.5 Å². The molecular formula is C35H32N8O10S4. The molecule has 2 amide bonds. The smallest absolute Gasteiger partial charge is 0.317 e. The molecule has 0 aliphatic heterocycles. The predicted octanol–water partition coefficient (Wildman–Crippen LogP) is 4.19. The zero-order valence-corrected chi connectivity index (χ0v) is 33.7. The van der Waals surface area contributed by atoms with E-state index in [9.17, 15) is 36.0 Å². The summed E-state index contributed by atoms with van der Waals surface area (Å²) < 4.78 is 59.4. The van der Waals surface area contributed by atoms with Crippen LogP contribution < -0.4 is 10.6 Å². The standard InChI is InChI=1S/C35H32N8O10S4/c1-18-30(20-5-7-24(56(3,48)49)22(13-20)32-36-9-10-37-32)54-34(40-18)42-26(44)16-52-28(46)15-29(47)53-17-27(45)43-35-41-19(2)31(55-35)21-6-8-25(57(4,50)51)23(14-21)33-38-11-12-39-33/h5-14H,15-17H2,1-4H3,(H,36,37)(H,38,39)(H,40,42,44)(H,41,43,45). The highest BCUT2D eigenvalue weighted by Gasteiger charge is 2.22. The monoisotopic (exact) mass is 852 g/mol. The van der Waals surface area contributed by atoms with E-state index in [1.54, 1.807) is 50.5 Å². The van der Waals surface area contributed by atoms with Gasteiger partial charge in [-0.25, -0.2) is 36.8 Å². The van der Waals surface area contributed by atoms with Gasteiger partial charge in [-0.05, 0) is 49.2 Å². The Morgan fingerprint density at radius 3 is 1.42 bits per heavy atom. The minimum absolute atomic E-state index is 0.0888. The van der Waals surface area contributed by atoms with Crippen LogP contribution >= 0.6 is 22.7 Å². The molecule has 0 unspecified atom stereocenters. The van der Waals surface area contributed by atoms with Crippen LogP contribution in [-0.2, 0) is 48.3 Å². The van der Waals surface area contributed by atoms with Crippen LogP contribution in [0.25, 0.3) is 43.7 Å². The number of nitrogens with one attached hydrogen (secondary N) is 4. The number of imidazole rings is 2. The van der Waals surface area contributed by atoms with Crippen LogP contribution in [0.1, 0.15) is 17.8 Å². The number of aromatic amines is 2. The summed E-state index contributed by atoms with van der Waals surface area (Å²) in [5.41, 5.74) is 3.09. The number of carbonyl (C=O) groups excluding carboxylic acids is 4. The van der Waals surface area contributed by atoms with Gasteiger partial charge in [-0.3, -0.25) is 29.8 Å². The minimum Gasteiger partial charge on any atom is -0.455 e. The molecule has 2 aromatic carbocycles. The third-order valence-electron chi connectivity index (χ3n) is 7.89. The third kappa shape index (κ3) is 9.83. The maximum atomic E-state index is 12.6. The molecule has 0 bridgehead atoms. The number of aromatic nitrogens is 6. The van der Waals surface area contributed by atoms with E-state index in [0.29, 0.717) is 55.0 Å². The second-order valence-corrected chi connectivity index (χ2v) is 18.3. The van der Waals surface area contributed by atoms with Gasteiger partial charge < -0.3 is 19.4 Å². The van der Waals surface area contributed by atoms with Gasteiger partial charge >= 0.3 is 11.9 Å². The molecule has 0 aliphatic rings. The molecule has 0 spiro atoms. The summed E-state index contributed by atoms with van der Waals surface area (Å²) in [5, 5.41) is 5.43. The highest BCUT2D eigenvalue weighted by Crippen LogP contribution is 2.38. The van der Waals surface area contributed by atoms with Crippen molar-refractivity contribution in [3.8, 4) is 43.7 Å². The number of esters is 2. The number of anilines is 2. The van der Waals surface area contributed by atoms with Gasteiger partial charge in [0.15, 0.2) is 43.2 Å². The normalized spacial score (nSPS) is 11.6. The van der Waals surface area contributed by atoms with Crippen LogP contribution in [0, 0.1) is 13.8 Å². The summed E-state index contributed by atoms with van der Waals surface area (Å²) in [6, 6.07) is 9.51. The van der Waals surface area contributed by atoms with Gasteiger partial charge in [-0.1, -0.05) is 34.8 Å². The lowest BCUT2D eigenvalue weighted by molar-refractivity contribution is -0.157. The largest absolute Gasteiger partial charge is 0.455 e. The second-order valence-electron chi connectivity index (χ2n) is 12.3. The van der Waals surface area contributed by atoms with Gasteiger partial charge in [0, 0.05) is 48.4 Å². The minimum atomic E-state index is -3.57.